The first-order chi connectivity index (χ1) is 15.0. The number of hydrogen-bond donors (Lipinski definition) is 0. The summed E-state index contributed by atoms with van der Waals surface area (Å²) in [6.45, 7) is 7.88. The molecular weight excluding hydrogens is 396 g/mol. The third-order valence-corrected chi connectivity index (χ3v) is 4.35. The summed E-state index contributed by atoms with van der Waals surface area (Å²) < 4.78 is 20.5. The quantitative estimate of drug-likeness (QED) is 0.273. The predicted molar refractivity (Wildman–Crippen MR) is 119 cm³/mol. The molecule has 0 N–H and O–H groups in total. The summed E-state index contributed by atoms with van der Waals surface area (Å²) in [6, 6.07) is 16.0. The van der Waals surface area contributed by atoms with Crippen LogP contribution in [0.5, 0.6) is 5.75 Å². The first kappa shape index (κ1) is 23.9. The molecule has 0 spiro atoms. The molecule has 2 aromatic rings. The fourth-order valence-electron chi connectivity index (χ4n) is 2.74. The highest BCUT2D eigenvalue weighted by atomic mass is 16.6. The van der Waals surface area contributed by atoms with Crippen molar-refractivity contribution in [1.82, 2.24) is 0 Å². The molecule has 0 aromatic heterocycles. The minimum Gasteiger partial charge on any atom is -0.490 e. The average Bonchev–Trinajstić information content (AvgIpc) is 2.80. The first-order valence-electron chi connectivity index (χ1n) is 9.98. The molecule has 0 radical (unpaired) electrons. The number of carbonyl (C=O) groups excluding carboxylic acids is 2. The minimum atomic E-state index is -0.484. The molecule has 0 saturated heterocycles. The maximum Gasteiger partial charge on any atom is 0.335 e. The van der Waals surface area contributed by atoms with Crippen LogP contribution in [-0.2, 0) is 30.2 Å². The Morgan fingerprint density at radius 3 is 2.16 bits per heavy atom. The van der Waals surface area contributed by atoms with E-state index in [-0.39, 0.29) is 25.4 Å². The zero-order valence-corrected chi connectivity index (χ0v) is 17.8. The Bertz CT molecular complexity index is 868. The van der Waals surface area contributed by atoms with Crippen molar-refractivity contribution >= 4 is 11.9 Å². The Morgan fingerprint density at radius 1 is 0.903 bits per heavy atom. The number of aryl methyl sites for hydroxylation is 1. The van der Waals surface area contributed by atoms with Crippen molar-refractivity contribution in [2.24, 2.45) is 0 Å². The summed E-state index contributed by atoms with van der Waals surface area (Å²) in [5.74, 6) is -0.181. The fraction of sp³-hybridized carbons (Fsp3) is 0.280. The van der Waals surface area contributed by atoms with Gasteiger partial charge in [0.15, 0.2) is 0 Å². The van der Waals surface area contributed by atoms with E-state index in [0.29, 0.717) is 12.4 Å². The van der Waals surface area contributed by atoms with Gasteiger partial charge in [-0.25, -0.2) is 9.59 Å². The van der Waals surface area contributed by atoms with Crippen LogP contribution in [0.1, 0.15) is 12.0 Å². The van der Waals surface area contributed by atoms with Crippen LogP contribution in [0.4, 0.5) is 0 Å². The monoisotopic (exact) mass is 424 g/mol. The van der Waals surface area contributed by atoms with Crippen LogP contribution in [0, 0.1) is 0 Å². The molecule has 0 amide bonds. The lowest BCUT2D eigenvalue weighted by molar-refractivity contribution is -0.140. The van der Waals surface area contributed by atoms with E-state index in [2.05, 4.69) is 37.4 Å². The summed E-state index contributed by atoms with van der Waals surface area (Å²) in [4.78, 5) is 22.6. The second-order valence-electron chi connectivity index (χ2n) is 6.72. The third-order valence-electron chi connectivity index (χ3n) is 4.35. The molecule has 0 heterocycles. The standard InChI is InChI=1S/C25H28O6/c1-4-24(26)30-15-5-6-20-7-9-21(10-8-20)22-11-13-23(14-12-22)29-16-17-31-25(27)19(2)18-28-3/h4,7-14H,1-2,5-6,15-18H2,3H3. The van der Waals surface area contributed by atoms with E-state index in [4.69, 9.17) is 18.9 Å². The topological polar surface area (TPSA) is 71.1 Å². The number of carbonyl (C=O) groups is 2. The first-order valence-corrected chi connectivity index (χ1v) is 9.98. The zero-order valence-electron chi connectivity index (χ0n) is 17.8. The maximum atomic E-state index is 11.6. The second-order valence-corrected chi connectivity index (χ2v) is 6.72. The molecule has 6 heteroatoms. The second kappa shape index (κ2) is 13.0. The van der Waals surface area contributed by atoms with Crippen molar-refractivity contribution in [3.05, 3.63) is 78.9 Å². The van der Waals surface area contributed by atoms with Crippen molar-refractivity contribution in [2.75, 3.05) is 33.5 Å². The lowest BCUT2D eigenvalue weighted by Crippen LogP contribution is -2.15. The van der Waals surface area contributed by atoms with Gasteiger partial charge in [-0.3, -0.25) is 0 Å². The van der Waals surface area contributed by atoms with Crippen LogP contribution in [0.3, 0.4) is 0 Å². The van der Waals surface area contributed by atoms with E-state index < -0.39 is 11.9 Å². The number of rotatable bonds is 13. The molecule has 31 heavy (non-hydrogen) atoms. The average molecular weight is 424 g/mol. The molecular formula is C25H28O6. The van der Waals surface area contributed by atoms with Crippen molar-refractivity contribution in [1.29, 1.82) is 0 Å². The largest absolute Gasteiger partial charge is 0.490 e. The van der Waals surface area contributed by atoms with Crippen molar-refractivity contribution in [3.8, 4) is 16.9 Å². The molecule has 0 bridgehead atoms. The molecule has 2 rings (SSSR count). The van der Waals surface area contributed by atoms with Gasteiger partial charge in [0.1, 0.15) is 19.0 Å². The van der Waals surface area contributed by atoms with Crippen LogP contribution >= 0.6 is 0 Å². The van der Waals surface area contributed by atoms with Gasteiger partial charge in [0.05, 0.1) is 18.8 Å². The molecule has 164 valence electrons. The fourth-order valence-corrected chi connectivity index (χ4v) is 2.74. The van der Waals surface area contributed by atoms with Crippen molar-refractivity contribution < 1.29 is 28.5 Å². The zero-order chi connectivity index (χ0) is 22.5. The van der Waals surface area contributed by atoms with Crippen molar-refractivity contribution in [3.63, 3.8) is 0 Å². The predicted octanol–water partition coefficient (Wildman–Crippen LogP) is 4.14. The summed E-state index contributed by atoms with van der Waals surface area (Å²) >= 11 is 0. The van der Waals surface area contributed by atoms with Gasteiger partial charge in [0, 0.05) is 13.2 Å². The van der Waals surface area contributed by atoms with E-state index in [1.165, 1.54) is 18.7 Å². The highest BCUT2D eigenvalue weighted by Crippen LogP contribution is 2.23. The Labute approximate surface area is 183 Å². The van der Waals surface area contributed by atoms with E-state index >= 15 is 0 Å². The highest BCUT2D eigenvalue weighted by molar-refractivity contribution is 5.87. The van der Waals surface area contributed by atoms with E-state index in [1.54, 1.807) is 0 Å². The van der Waals surface area contributed by atoms with Gasteiger partial charge >= 0.3 is 11.9 Å². The molecule has 0 unspecified atom stereocenters. The van der Waals surface area contributed by atoms with Crippen LogP contribution in [0.25, 0.3) is 11.1 Å². The molecule has 0 aliphatic carbocycles. The van der Waals surface area contributed by atoms with Crippen LogP contribution in [0.2, 0.25) is 0 Å². The smallest absolute Gasteiger partial charge is 0.335 e. The number of methoxy groups -OCH3 is 1. The summed E-state index contributed by atoms with van der Waals surface area (Å²) in [7, 11) is 1.49. The number of ether oxygens (including phenoxy) is 4. The summed E-state index contributed by atoms with van der Waals surface area (Å²) in [6.07, 6.45) is 2.77. The number of benzene rings is 2. The molecule has 0 aliphatic heterocycles. The Balaban J connectivity index is 1.75. The van der Waals surface area contributed by atoms with Gasteiger partial charge in [-0.05, 0) is 41.7 Å². The Kier molecular flexibility index (Phi) is 10.0. The third kappa shape index (κ3) is 8.48. The number of esters is 2. The van der Waals surface area contributed by atoms with Crippen LogP contribution in [0.15, 0.2) is 73.3 Å². The molecule has 2 aromatic carbocycles. The van der Waals surface area contributed by atoms with Crippen molar-refractivity contribution in [2.45, 2.75) is 12.8 Å². The summed E-state index contributed by atoms with van der Waals surface area (Å²) in [5, 5.41) is 0. The van der Waals surface area contributed by atoms with Gasteiger partial charge in [0.25, 0.3) is 0 Å². The maximum absolute atomic E-state index is 11.6. The minimum absolute atomic E-state index is 0.136. The van der Waals surface area contributed by atoms with Gasteiger partial charge < -0.3 is 18.9 Å². The summed E-state index contributed by atoms with van der Waals surface area (Å²) in [5.41, 5.74) is 3.62. The Morgan fingerprint density at radius 2 is 1.55 bits per heavy atom. The van der Waals surface area contributed by atoms with E-state index in [1.807, 2.05) is 24.3 Å². The van der Waals surface area contributed by atoms with E-state index in [0.717, 1.165) is 24.0 Å². The molecule has 6 nitrogen and oxygen atoms in total. The number of hydrogen-bond acceptors (Lipinski definition) is 6. The normalized spacial score (nSPS) is 10.2. The Hall–Kier alpha value is -3.38. The highest BCUT2D eigenvalue weighted by Gasteiger charge is 2.08. The van der Waals surface area contributed by atoms with Crippen LogP contribution < -0.4 is 4.74 Å². The molecule has 0 fully saturated rings. The SMILES string of the molecule is C=CC(=O)OCCCc1ccc(-c2ccc(OCCOC(=O)C(=C)COC)cc2)cc1. The van der Waals surface area contributed by atoms with Gasteiger partial charge in [0.2, 0.25) is 0 Å². The lowest BCUT2D eigenvalue weighted by Gasteiger charge is -2.09. The van der Waals surface area contributed by atoms with Gasteiger partial charge in [-0.1, -0.05) is 49.6 Å². The van der Waals surface area contributed by atoms with Gasteiger partial charge in [-0.15, -0.1) is 0 Å². The lowest BCUT2D eigenvalue weighted by atomic mass is 10.0. The molecule has 0 atom stereocenters. The molecule has 0 aliphatic rings. The van der Waals surface area contributed by atoms with Gasteiger partial charge in [-0.2, -0.15) is 0 Å². The van der Waals surface area contributed by atoms with Crippen LogP contribution in [-0.4, -0.2) is 45.5 Å². The molecule has 0 saturated carbocycles. The van der Waals surface area contributed by atoms with E-state index in [9.17, 15) is 9.59 Å².